The summed E-state index contributed by atoms with van der Waals surface area (Å²) in [6.07, 6.45) is 4.45. The second-order valence-electron chi connectivity index (χ2n) is 7.65. The van der Waals surface area contributed by atoms with E-state index in [0.717, 1.165) is 30.7 Å². The van der Waals surface area contributed by atoms with Crippen LogP contribution < -0.4 is 10.6 Å². The number of benzene rings is 1. The molecule has 0 spiro atoms. The molecule has 150 valence electrons. The first-order valence-corrected chi connectivity index (χ1v) is 10.4. The number of piperidine rings is 1. The molecule has 1 aromatic heterocycles. The molecule has 28 heavy (non-hydrogen) atoms. The number of aromatic nitrogens is 1. The van der Waals surface area contributed by atoms with Crippen LogP contribution in [0.1, 0.15) is 43.5 Å². The van der Waals surface area contributed by atoms with Crippen molar-refractivity contribution in [1.29, 1.82) is 0 Å². The third-order valence-electron chi connectivity index (χ3n) is 5.20. The Morgan fingerprint density at radius 2 is 1.93 bits per heavy atom. The van der Waals surface area contributed by atoms with E-state index in [0.29, 0.717) is 13.1 Å². The highest BCUT2D eigenvalue weighted by Crippen LogP contribution is 2.18. The van der Waals surface area contributed by atoms with Gasteiger partial charge < -0.3 is 10.6 Å². The molecule has 1 fully saturated rings. The first-order valence-electron chi connectivity index (χ1n) is 10.4. The minimum atomic E-state index is 0.667. The minimum Gasteiger partial charge on any atom is -0.357 e. The van der Waals surface area contributed by atoms with Crippen molar-refractivity contribution >= 4 is 5.96 Å². The highest BCUT2D eigenvalue weighted by Gasteiger charge is 2.15. The lowest BCUT2D eigenvalue weighted by Crippen LogP contribution is -2.37. The van der Waals surface area contributed by atoms with Gasteiger partial charge in [-0.1, -0.05) is 37.3 Å². The van der Waals surface area contributed by atoms with Crippen molar-refractivity contribution in [2.24, 2.45) is 10.9 Å². The van der Waals surface area contributed by atoms with Gasteiger partial charge in [0.2, 0.25) is 0 Å². The molecule has 5 heteroatoms. The van der Waals surface area contributed by atoms with Crippen LogP contribution in [0.25, 0.3) is 0 Å². The van der Waals surface area contributed by atoms with Crippen LogP contribution in [-0.4, -0.2) is 35.5 Å². The summed E-state index contributed by atoms with van der Waals surface area (Å²) in [7, 11) is 0. The largest absolute Gasteiger partial charge is 0.357 e. The Morgan fingerprint density at radius 3 is 2.68 bits per heavy atom. The maximum Gasteiger partial charge on any atom is 0.191 e. The number of aliphatic imine (C=N–C) groups is 1. The van der Waals surface area contributed by atoms with Crippen molar-refractivity contribution in [1.82, 2.24) is 20.5 Å². The van der Waals surface area contributed by atoms with Gasteiger partial charge in [0.25, 0.3) is 0 Å². The number of rotatable bonds is 7. The first-order chi connectivity index (χ1) is 13.7. The number of pyridine rings is 1. The summed E-state index contributed by atoms with van der Waals surface area (Å²) in [6, 6.07) is 14.8. The summed E-state index contributed by atoms with van der Waals surface area (Å²) in [5, 5.41) is 6.67. The van der Waals surface area contributed by atoms with Crippen LogP contribution in [0, 0.1) is 5.92 Å². The molecule has 0 unspecified atom stereocenters. The molecule has 0 aliphatic carbocycles. The van der Waals surface area contributed by atoms with Crippen LogP contribution in [0.2, 0.25) is 0 Å². The summed E-state index contributed by atoms with van der Waals surface area (Å²) in [5.74, 6) is 1.70. The van der Waals surface area contributed by atoms with Crippen molar-refractivity contribution in [3.63, 3.8) is 0 Å². The maximum absolute atomic E-state index is 4.75. The quantitative estimate of drug-likeness (QED) is 0.570. The van der Waals surface area contributed by atoms with E-state index >= 15 is 0 Å². The molecule has 5 nitrogen and oxygen atoms in total. The van der Waals surface area contributed by atoms with Gasteiger partial charge in [-0.3, -0.25) is 9.88 Å². The zero-order chi connectivity index (χ0) is 19.6. The number of guanidine groups is 1. The molecule has 1 aliphatic rings. The normalized spacial score (nSPS) is 16.1. The van der Waals surface area contributed by atoms with Gasteiger partial charge in [-0.2, -0.15) is 0 Å². The molecule has 1 saturated heterocycles. The molecule has 1 aromatic carbocycles. The third-order valence-corrected chi connectivity index (χ3v) is 5.20. The van der Waals surface area contributed by atoms with E-state index in [1.807, 2.05) is 24.4 Å². The lowest BCUT2D eigenvalue weighted by atomic mass is 9.98. The van der Waals surface area contributed by atoms with E-state index in [9.17, 15) is 0 Å². The van der Waals surface area contributed by atoms with E-state index < -0.39 is 0 Å². The molecule has 2 N–H and O–H groups in total. The number of nitrogens with zero attached hydrogens (tertiary/aromatic N) is 3. The second-order valence-corrected chi connectivity index (χ2v) is 7.65. The standard InChI is InChI=1S/C23H33N5/c1-3-24-23(27-17-22-9-4-5-12-25-22)26-16-20-7-6-8-21(15-20)18-28-13-10-19(2)11-14-28/h4-9,12,15,19H,3,10-11,13-14,16-18H2,1-2H3,(H2,24,26,27). The Bertz CT molecular complexity index is 736. The summed E-state index contributed by atoms with van der Waals surface area (Å²) in [5.41, 5.74) is 3.64. The smallest absolute Gasteiger partial charge is 0.191 e. The van der Waals surface area contributed by atoms with E-state index in [2.05, 4.69) is 58.6 Å². The molecule has 0 atom stereocenters. The molecule has 2 heterocycles. The molecule has 1 aliphatic heterocycles. The van der Waals surface area contributed by atoms with E-state index in [4.69, 9.17) is 4.99 Å². The second kappa shape index (κ2) is 10.8. The van der Waals surface area contributed by atoms with Crippen molar-refractivity contribution in [2.45, 2.75) is 46.3 Å². The van der Waals surface area contributed by atoms with Gasteiger partial charge in [0.1, 0.15) is 0 Å². The summed E-state index contributed by atoms with van der Waals surface area (Å²) < 4.78 is 0. The molecule has 0 amide bonds. The summed E-state index contributed by atoms with van der Waals surface area (Å²) in [6.45, 7) is 10.1. The highest BCUT2D eigenvalue weighted by atomic mass is 15.2. The van der Waals surface area contributed by atoms with Crippen LogP contribution in [0.15, 0.2) is 53.7 Å². The van der Waals surface area contributed by atoms with Crippen molar-refractivity contribution in [2.75, 3.05) is 19.6 Å². The Kier molecular flexibility index (Phi) is 7.85. The van der Waals surface area contributed by atoms with Crippen molar-refractivity contribution in [3.8, 4) is 0 Å². The Labute approximate surface area is 169 Å². The van der Waals surface area contributed by atoms with Gasteiger partial charge in [0.15, 0.2) is 5.96 Å². The number of hydrogen-bond donors (Lipinski definition) is 2. The zero-order valence-corrected chi connectivity index (χ0v) is 17.2. The van der Waals surface area contributed by atoms with E-state index in [1.165, 1.54) is 37.1 Å². The van der Waals surface area contributed by atoms with Crippen LogP contribution in [0.3, 0.4) is 0 Å². The fourth-order valence-corrected chi connectivity index (χ4v) is 3.49. The monoisotopic (exact) mass is 379 g/mol. The molecular formula is C23H33N5. The Balaban J connectivity index is 1.56. The SMILES string of the molecule is CCNC(=NCc1cccc(CN2CCC(C)CC2)c1)NCc1ccccn1. The van der Waals surface area contributed by atoms with Gasteiger partial charge in [-0.25, -0.2) is 4.99 Å². The molecule has 0 saturated carbocycles. The van der Waals surface area contributed by atoms with Crippen molar-refractivity contribution in [3.05, 3.63) is 65.5 Å². The van der Waals surface area contributed by atoms with Gasteiger partial charge in [-0.15, -0.1) is 0 Å². The van der Waals surface area contributed by atoms with Gasteiger partial charge >= 0.3 is 0 Å². The molecule has 3 rings (SSSR count). The highest BCUT2D eigenvalue weighted by molar-refractivity contribution is 5.79. The summed E-state index contributed by atoms with van der Waals surface area (Å²) >= 11 is 0. The van der Waals surface area contributed by atoms with Crippen LogP contribution in [-0.2, 0) is 19.6 Å². The van der Waals surface area contributed by atoms with Crippen LogP contribution >= 0.6 is 0 Å². The van der Waals surface area contributed by atoms with Gasteiger partial charge in [-0.05, 0) is 62.0 Å². The number of likely N-dealkylation sites (tertiary alicyclic amines) is 1. The first kappa shape index (κ1) is 20.3. The molecule has 2 aromatic rings. The van der Waals surface area contributed by atoms with E-state index in [1.54, 1.807) is 0 Å². The average Bonchev–Trinajstić information content (AvgIpc) is 2.73. The average molecular weight is 380 g/mol. The predicted molar refractivity (Wildman–Crippen MR) is 116 cm³/mol. The van der Waals surface area contributed by atoms with E-state index in [-0.39, 0.29) is 0 Å². The molecule has 0 bridgehead atoms. The molecular weight excluding hydrogens is 346 g/mol. The number of nitrogens with one attached hydrogen (secondary N) is 2. The minimum absolute atomic E-state index is 0.667. The lowest BCUT2D eigenvalue weighted by molar-refractivity contribution is 0.185. The summed E-state index contributed by atoms with van der Waals surface area (Å²) in [4.78, 5) is 11.7. The topological polar surface area (TPSA) is 52.6 Å². The fourth-order valence-electron chi connectivity index (χ4n) is 3.49. The Morgan fingerprint density at radius 1 is 1.11 bits per heavy atom. The number of hydrogen-bond acceptors (Lipinski definition) is 3. The van der Waals surface area contributed by atoms with Crippen molar-refractivity contribution < 1.29 is 0 Å². The van der Waals surface area contributed by atoms with Gasteiger partial charge in [0.05, 0.1) is 18.8 Å². The lowest BCUT2D eigenvalue weighted by Gasteiger charge is -2.30. The Hall–Kier alpha value is -2.40. The van der Waals surface area contributed by atoms with Gasteiger partial charge in [0, 0.05) is 19.3 Å². The zero-order valence-electron chi connectivity index (χ0n) is 17.2. The van der Waals surface area contributed by atoms with Crippen LogP contribution in [0.4, 0.5) is 0 Å². The predicted octanol–water partition coefficient (Wildman–Crippen LogP) is 3.57. The fraction of sp³-hybridized carbons (Fsp3) is 0.478. The maximum atomic E-state index is 4.75. The third kappa shape index (κ3) is 6.64. The van der Waals surface area contributed by atoms with Crippen LogP contribution in [0.5, 0.6) is 0 Å². The molecule has 0 radical (unpaired) electrons.